The number of carbonyl (C=O) groups excluding carboxylic acids is 3. The number of hydrogen-bond donors (Lipinski definition) is 1. The van der Waals surface area contributed by atoms with Gasteiger partial charge in [0.15, 0.2) is 0 Å². The first-order chi connectivity index (χ1) is 13.9. The second-order valence-electron chi connectivity index (χ2n) is 6.24. The van der Waals surface area contributed by atoms with Crippen molar-refractivity contribution in [2.45, 2.75) is 0 Å². The van der Waals surface area contributed by atoms with Crippen molar-refractivity contribution in [1.29, 1.82) is 0 Å². The smallest absolute Gasteiger partial charge is 0.266 e. The number of anilines is 2. The number of rotatable bonds is 3. The summed E-state index contributed by atoms with van der Waals surface area (Å²) in [4.78, 5) is 38.7. The van der Waals surface area contributed by atoms with Crippen LogP contribution < -0.4 is 10.2 Å². The number of benzene rings is 3. The summed E-state index contributed by atoms with van der Waals surface area (Å²) in [5, 5.41) is 2.72. The maximum atomic E-state index is 13.4. The van der Waals surface area contributed by atoms with Crippen molar-refractivity contribution in [3.8, 4) is 0 Å². The Hall–Kier alpha value is -3.03. The molecule has 3 amide bonds. The van der Waals surface area contributed by atoms with Gasteiger partial charge in [0, 0.05) is 10.2 Å². The van der Waals surface area contributed by atoms with Crippen molar-refractivity contribution in [3.63, 3.8) is 0 Å². The molecule has 1 heterocycles. The Balaban J connectivity index is 1.61. The number of nitrogens with zero attached hydrogens (tertiary/aromatic N) is 1. The predicted octanol–water partition coefficient (Wildman–Crippen LogP) is 5.29. The van der Waals surface area contributed by atoms with Crippen LogP contribution in [0.4, 0.5) is 15.8 Å². The van der Waals surface area contributed by atoms with Gasteiger partial charge in [-0.1, -0.05) is 23.7 Å². The van der Waals surface area contributed by atoms with E-state index in [4.69, 9.17) is 11.6 Å². The van der Waals surface area contributed by atoms with Gasteiger partial charge in [0.1, 0.15) is 5.82 Å². The maximum Gasteiger partial charge on any atom is 0.266 e. The molecule has 29 heavy (non-hydrogen) atoms. The standard InChI is InChI=1S/C21H11BrClFN2O3/c22-16-7-5-11(24)9-15(16)19(27)25-12-6-8-18(17(23)10-12)26-20(28)13-3-1-2-4-14(13)21(26)29/h1-10H,(H,25,27). The van der Waals surface area contributed by atoms with Crippen molar-refractivity contribution in [3.05, 3.63) is 92.7 Å². The van der Waals surface area contributed by atoms with Crippen LogP contribution in [0.1, 0.15) is 31.1 Å². The highest BCUT2D eigenvalue weighted by molar-refractivity contribution is 9.10. The molecule has 8 heteroatoms. The molecule has 5 nitrogen and oxygen atoms in total. The van der Waals surface area contributed by atoms with Crippen LogP contribution in [0, 0.1) is 5.82 Å². The van der Waals surface area contributed by atoms with Gasteiger partial charge >= 0.3 is 0 Å². The third kappa shape index (κ3) is 3.43. The molecular formula is C21H11BrClFN2O3. The van der Waals surface area contributed by atoms with Gasteiger partial charge in [0.05, 0.1) is 27.4 Å². The fourth-order valence-corrected chi connectivity index (χ4v) is 3.74. The number of carbonyl (C=O) groups is 3. The number of nitrogens with one attached hydrogen (secondary N) is 1. The predicted molar refractivity (Wildman–Crippen MR) is 111 cm³/mol. The van der Waals surface area contributed by atoms with E-state index >= 15 is 0 Å². The molecule has 144 valence electrons. The number of imide groups is 1. The zero-order chi connectivity index (χ0) is 20.7. The van der Waals surface area contributed by atoms with Gasteiger partial charge < -0.3 is 5.32 Å². The molecule has 0 saturated heterocycles. The van der Waals surface area contributed by atoms with Gasteiger partial charge in [-0.15, -0.1) is 0 Å². The van der Waals surface area contributed by atoms with Crippen LogP contribution >= 0.6 is 27.5 Å². The molecule has 0 spiro atoms. The minimum absolute atomic E-state index is 0.107. The second kappa shape index (κ2) is 7.42. The van der Waals surface area contributed by atoms with Crippen LogP contribution in [0.15, 0.2) is 65.1 Å². The monoisotopic (exact) mass is 472 g/mol. The summed E-state index contributed by atoms with van der Waals surface area (Å²) in [7, 11) is 0. The van der Waals surface area contributed by atoms with E-state index in [1.54, 1.807) is 24.3 Å². The van der Waals surface area contributed by atoms with Gasteiger partial charge in [-0.2, -0.15) is 0 Å². The molecule has 0 bridgehead atoms. The van der Waals surface area contributed by atoms with E-state index in [0.717, 1.165) is 11.0 Å². The fraction of sp³-hybridized carbons (Fsp3) is 0. The molecular weight excluding hydrogens is 463 g/mol. The van der Waals surface area contributed by atoms with E-state index in [2.05, 4.69) is 21.2 Å². The highest BCUT2D eigenvalue weighted by Gasteiger charge is 2.37. The van der Waals surface area contributed by atoms with Gasteiger partial charge in [-0.3, -0.25) is 14.4 Å². The third-order valence-corrected chi connectivity index (χ3v) is 5.41. The minimum Gasteiger partial charge on any atom is -0.322 e. The van der Waals surface area contributed by atoms with E-state index < -0.39 is 23.5 Å². The van der Waals surface area contributed by atoms with E-state index in [1.807, 2.05) is 0 Å². The molecule has 1 aliphatic rings. The SMILES string of the molecule is O=C(Nc1ccc(N2C(=O)c3ccccc3C2=O)c(Cl)c1)c1cc(F)ccc1Br. The van der Waals surface area contributed by atoms with Crippen LogP contribution in [0.25, 0.3) is 0 Å². The van der Waals surface area contributed by atoms with Crippen LogP contribution in [-0.4, -0.2) is 17.7 Å². The summed E-state index contributed by atoms with van der Waals surface area (Å²) < 4.78 is 13.9. The summed E-state index contributed by atoms with van der Waals surface area (Å²) >= 11 is 9.51. The van der Waals surface area contributed by atoms with Crippen molar-refractivity contribution in [1.82, 2.24) is 0 Å². The molecule has 0 aromatic heterocycles. The zero-order valence-electron chi connectivity index (χ0n) is 14.6. The van der Waals surface area contributed by atoms with E-state index in [-0.39, 0.29) is 16.3 Å². The molecule has 0 radical (unpaired) electrons. The number of amides is 3. The lowest BCUT2D eigenvalue weighted by atomic mass is 10.1. The average Bonchev–Trinajstić information content (AvgIpc) is 2.95. The zero-order valence-corrected chi connectivity index (χ0v) is 16.9. The summed E-state index contributed by atoms with van der Waals surface area (Å²) in [6.45, 7) is 0. The molecule has 0 aliphatic carbocycles. The quantitative estimate of drug-likeness (QED) is 0.525. The Morgan fingerprint density at radius 1 is 0.966 bits per heavy atom. The molecule has 0 fully saturated rings. The molecule has 4 rings (SSSR count). The maximum absolute atomic E-state index is 13.4. The van der Waals surface area contributed by atoms with Crippen molar-refractivity contribution >= 4 is 56.6 Å². The van der Waals surface area contributed by atoms with Crippen molar-refractivity contribution < 1.29 is 18.8 Å². The Bertz CT molecular complexity index is 1160. The molecule has 3 aromatic rings. The summed E-state index contributed by atoms with van der Waals surface area (Å²) in [5.74, 6) is -2.01. The third-order valence-electron chi connectivity index (χ3n) is 4.41. The Kier molecular flexibility index (Phi) is 4.94. The largest absolute Gasteiger partial charge is 0.322 e. The van der Waals surface area contributed by atoms with Gasteiger partial charge in [0.25, 0.3) is 17.7 Å². The Morgan fingerprint density at radius 2 is 1.62 bits per heavy atom. The molecule has 0 atom stereocenters. The van der Waals surface area contributed by atoms with Crippen LogP contribution in [0.3, 0.4) is 0 Å². The molecule has 1 aliphatic heterocycles. The Labute approximate surface area is 178 Å². The summed E-state index contributed by atoms with van der Waals surface area (Å²) in [5.41, 5.74) is 1.27. The second-order valence-corrected chi connectivity index (χ2v) is 7.50. The van der Waals surface area contributed by atoms with Gasteiger partial charge in [0.2, 0.25) is 0 Å². The van der Waals surface area contributed by atoms with Crippen LogP contribution in [0.2, 0.25) is 5.02 Å². The topological polar surface area (TPSA) is 66.5 Å². The van der Waals surface area contributed by atoms with Crippen molar-refractivity contribution in [2.24, 2.45) is 0 Å². The number of hydrogen-bond acceptors (Lipinski definition) is 3. The van der Waals surface area contributed by atoms with Gasteiger partial charge in [-0.25, -0.2) is 9.29 Å². The van der Waals surface area contributed by atoms with E-state index in [9.17, 15) is 18.8 Å². The lowest BCUT2D eigenvalue weighted by Gasteiger charge is -2.16. The first-order valence-corrected chi connectivity index (χ1v) is 9.57. The highest BCUT2D eigenvalue weighted by Crippen LogP contribution is 2.35. The summed E-state index contributed by atoms with van der Waals surface area (Å²) in [6, 6.07) is 14.7. The normalized spacial score (nSPS) is 12.9. The number of halogens is 3. The molecule has 0 saturated carbocycles. The Morgan fingerprint density at radius 3 is 2.24 bits per heavy atom. The average molecular weight is 474 g/mol. The highest BCUT2D eigenvalue weighted by atomic mass is 79.9. The van der Waals surface area contributed by atoms with E-state index in [1.165, 1.54) is 30.3 Å². The van der Waals surface area contributed by atoms with Crippen LogP contribution in [0.5, 0.6) is 0 Å². The first-order valence-electron chi connectivity index (χ1n) is 8.40. The fourth-order valence-electron chi connectivity index (χ4n) is 3.04. The molecule has 0 unspecified atom stereocenters. The van der Waals surface area contributed by atoms with Crippen LogP contribution in [-0.2, 0) is 0 Å². The lowest BCUT2D eigenvalue weighted by molar-refractivity contribution is 0.0924. The molecule has 3 aromatic carbocycles. The van der Waals surface area contributed by atoms with E-state index in [0.29, 0.717) is 21.3 Å². The minimum atomic E-state index is -0.544. The van der Waals surface area contributed by atoms with Crippen molar-refractivity contribution in [2.75, 3.05) is 10.2 Å². The molecule has 1 N–H and O–H groups in total. The first kappa shape index (κ1) is 19.3. The number of fused-ring (bicyclic) bond motifs is 1. The lowest BCUT2D eigenvalue weighted by Crippen LogP contribution is -2.29. The summed E-state index contributed by atoms with van der Waals surface area (Å²) in [6.07, 6.45) is 0. The van der Waals surface area contributed by atoms with Gasteiger partial charge in [-0.05, 0) is 64.5 Å².